The van der Waals surface area contributed by atoms with Crippen molar-refractivity contribution in [2.75, 3.05) is 5.32 Å². The molecule has 1 aromatic heterocycles. The van der Waals surface area contributed by atoms with Crippen molar-refractivity contribution in [3.05, 3.63) is 95.8 Å². The van der Waals surface area contributed by atoms with Gasteiger partial charge < -0.3 is 10.6 Å². The monoisotopic (exact) mass is 459 g/mol. The predicted octanol–water partition coefficient (Wildman–Crippen LogP) is 2.55. The van der Waals surface area contributed by atoms with Crippen molar-refractivity contribution in [3.63, 3.8) is 0 Å². The van der Waals surface area contributed by atoms with Gasteiger partial charge in [-0.25, -0.2) is 0 Å². The zero-order valence-electron chi connectivity index (χ0n) is 18.7. The number of nitrogens with one attached hydrogen (secondary N) is 4. The quantitative estimate of drug-likeness (QED) is 0.404. The first-order chi connectivity index (χ1) is 16.4. The molecule has 4 N–H and O–H groups in total. The maximum Gasteiger partial charge on any atom is 0.269 e. The molecule has 1 heterocycles. The second-order valence-electron chi connectivity index (χ2n) is 7.74. The highest BCUT2D eigenvalue weighted by molar-refractivity contribution is 6.09. The molecule has 0 saturated heterocycles. The molecule has 1 atom stereocenters. The molecule has 3 aromatic rings. The fourth-order valence-electron chi connectivity index (χ4n) is 3.10. The number of carbonyl (C=O) groups excluding carboxylic acids is 4. The predicted molar refractivity (Wildman–Crippen MR) is 127 cm³/mol. The number of rotatable bonds is 7. The second kappa shape index (κ2) is 11.4. The summed E-state index contributed by atoms with van der Waals surface area (Å²) in [6.45, 7) is 3.52. The van der Waals surface area contributed by atoms with E-state index in [1.165, 1.54) is 24.5 Å². The lowest BCUT2D eigenvalue weighted by molar-refractivity contribution is -0.124. The fraction of sp³-hybridized carbons (Fsp3) is 0.160. The summed E-state index contributed by atoms with van der Waals surface area (Å²) < 4.78 is 0. The van der Waals surface area contributed by atoms with Crippen molar-refractivity contribution < 1.29 is 19.2 Å². The molecule has 9 nitrogen and oxygen atoms in total. The number of hydrazine groups is 1. The normalized spacial score (nSPS) is 11.3. The largest absolute Gasteiger partial charge is 0.340 e. The van der Waals surface area contributed by atoms with Gasteiger partial charge in [0.05, 0.1) is 11.3 Å². The first-order valence-electron chi connectivity index (χ1n) is 10.6. The van der Waals surface area contributed by atoms with E-state index in [1.807, 2.05) is 0 Å². The molecular formula is C25H25N5O4. The van der Waals surface area contributed by atoms with Crippen molar-refractivity contribution in [2.24, 2.45) is 5.92 Å². The van der Waals surface area contributed by atoms with Crippen LogP contribution in [0, 0.1) is 5.92 Å². The highest BCUT2D eigenvalue weighted by Crippen LogP contribution is 2.17. The number of nitrogens with zero attached hydrogens (tertiary/aromatic N) is 1. The first kappa shape index (κ1) is 24.1. The van der Waals surface area contributed by atoms with E-state index in [1.54, 1.807) is 68.4 Å². The van der Waals surface area contributed by atoms with Gasteiger partial charge in [0.2, 0.25) is 0 Å². The molecule has 0 aliphatic carbocycles. The van der Waals surface area contributed by atoms with Crippen LogP contribution < -0.4 is 21.5 Å². The summed E-state index contributed by atoms with van der Waals surface area (Å²) in [6, 6.07) is 17.2. The minimum absolute atomic E-state index is 0.200. The molecule has 0 aliphatic rings. The van der Waals surface area contributed by atoms with Crippen LogP contribution in [0.3, 0.4) is 0 Å². The third kappa shape index (κ3) is 6.26. The molecule has 4 amide bonds. The molecule has 0 unspecified atom stereocenters. The fourth-order valence-corrected chi connectivity index (χ4v) is 3.10. The molecule has 0 aliphatic heterocycles. The molecular weight excluding hydrogens is 434 g/mol. The van der Waals surface area contributed by atoms with Gasteiger partial charge >= 0.3 is 0 Å². The lowest BCUT2D eigenvalue weighted by Gasteiger charge is -2.22. The van der Waals surface area contributed by atoms with Crippen molar-refractivity contribution >= 4 is 29.3 Å². The average molecular weight is 460 g/mol. The van der Waals surface area contributed by atoms with Crippen LogP contribution in [-0.4, -0.2) is 34.7 Å². The van der Waals surface area contributed by atoms with Crippen LogP contribution in [-0.2, 0) is 4.79 Å². The Hall–Kier alpha value is -4.53. The number of para-hydroxylation sites is 1. The van der Waals surface area contributed by atoms with Gasteiger partial charge in [0.1, 0.15) is 6.04 Å². The highest BCUT2D eigenvalue weighted by Gasteiger charge is 2.26. The van der Waals surface area contributed by atoms with Crippen LogP contribution in [0.5, 0.6) is 0 Å². The van der Waals surface area contributed by atoms with Crippen LogP contribution in [0.4, 0.5) is 5.69 Å². The van der Waals surface area contributed by atoms with Crippen molar-refractivity contribution in [2.45, 2.75) is 19.9 Å². The average Bonchev–Trinajstić information content (AvgIpc) is 2.86. The number of anilines is 1. The molecule has 34 heavy (non-hydrogen) atoms. The Labute approximate surface area is 197 Å². The minimum atomic E-state index is -0.942. The number of benzene rings is 2. The SMILES string of the molecule is CC(C)[C@@H](NC(=O)c1ccccc1NC(=O)c1ccccc1)C(=O)NNC(=O)c1ccncc1. The van der Waals surface area contributed by atoms with Crippen molar-refractivity contribution in [3.8, 4) is 0 Å². The minimum Gasteiger partial charge on any atom is -0.340 e. The summed E-state index contributed by atoms with van der Waals surface area (Å²) in [7, 11) is 0. The topological polar surface area (TPSA) is 129 Å². The summed E-state index contributed by atoms with van der Waals surface area (Å²) in [5.41, 5.74) is 5.95. The number of pyridine rings is 1. The summed E-state index contributed by atoms with van der Waals surface area (Å²) in [6.07, 6.45) is 2.92. The summed E-state index contributed by atoms with van der Waals surface area (Å²) >= 11 is 0. The van der Waals surface area contributed by atoms with Gasteiger partial charge in [-0.05, 0) is 42.3 Å². The lowest BCUT2D eigenvalue weighted by Crippen LogP contribution is -2.54. The van der Waals surface area contributed by atoms with E-state index >= 15 is 0 Å². The van der Waals surface area contributed by atoms with E-state index in [9.17, 15) is 19.2 Å². The number of hydrogen-bond acceptors (Lipinski definition) is 5. The third-order valence-electron chi connectivity index (χ3n) is 4.93. The number of amides is 4. The lowest BCUT2D eigenvalue weighted by atomic mass is 10.0. The summed E-state index contributed by atoms with van der Waals surface area (Å²) in [5, 5.41) is 5.42. The molecule has 9 heteroatoms. The van der Waals surface area contributed by atoms with Crippen LogP contribution in [0.15, 0.2) is 79.1 Å². The Morgan fingerprint density at radius 1 is 0.706 bits per heavy atom. The van der Waals surface area contributed by atoms with E-state index < -0.39 is 23.8 Å². The molecule has 2 aromatic carbocycles. The van der Waals surface area contributed by atoms with Crippen LogP contribution >= 0.6 is 0 Å². The van der Waals surface area contributed by atoms with Gasteiger partial charge in [-0.2, -0.15) is 0 Å². The van der Waals surface area contributed by atoms with E-state index in [0.29, 0.717) is 16.8 Å². The second-order valence-corrected chi connectivity index (χ2v) is 7.74. The third-order valence-corrected chi connectivity index (χ3v) is 4.93. The van der Waals surface area contributed by atoms with E-state index in [4.69, 9.17) is 0 Å². The highest BCUT2D eigenvalue weighted by atomic mass is 16.2. The first-order valence-corrected chi connectivity index (χ1v) is 10.6. The van der Waals surface area contributed by atoms with Gasteiger partial charge in [0.25, 0.3) is 23.6 Å². The van der Waals surface area contributed by atoms with Crippen molar-refractivity contribution in [1.82, 2.24) is 21.2 Å². The zero-order valence-corrected chi connectivity index (χ0v) is 18.7. The molecule has 0 spiro atoms. The maximum absolute atomic E-state index is 13.0. The zero-order chi connectivity index (χ0) is 24.5. The van der Waals surface area contributed by atoms with Crippen LogP contribution in [0.2, 0.25) is 0 Å². The van der Waals surface area contributed by atoms with Crippen LogP contribution in [0.1, 0.15) is 44.9 Å². The Kier molecular flexibility index (Phi) is 8.07. The Bertz CT molecular complexity index is 1170. The van der Waals surface area contributed by atoms with Gasteiger partial charge in [-0.1, -0.05) is 44.2 Å². The smallest absolute Gasteiger partial charge is 0.269 e. The summed E-state index contributed by atoms with van der Waals surface area (Å²) in [5.74, 6) is -2.29. The van der Waals surface area contributed by atoms with E-state index in [-0.39, 0.29) is 17.4 Å². The Morgan fingerprint density at radius 3 is 2.00 bits per heavy atom. The van der Waals surface area contributed by atoms with E-state index in [0.717, 1.165) is 0 Å². The molecule has 174 valence electrons. The summed E-state index contributed by atoms with van der Waals surface area (Å²) in [4.78, 5) is 54.3. The van der Waals surface area contributed by atoms with Gasteiger partial charge in [-0.3, -0.25) is 35.0 Å². The molecule has 3 rings (SSSR count). The molecule has 0 radical (unpaired) electrons. The van der Waals surface area contributed by atoms with Crippen molar-refractivity contribution in [1.29, 1.82) is 0 Å². The Balaban J connectivity index is 1.68. The molecule has 0 bridgehead atoms. The van der Waals surface area contributed by atoms with Crippen LogP contribution in [0.25, 0.3) is 0 Å². The molecule has 0 fully saturated rings. The van der Waals surface area contributed by atoms with Gasteiger partial charge in [0, 0.05) is 23.5 Å². The number of hydrogen-bond donors (Lipinski definition) is 4. The van der Waals surface area contributed by atoms with Gasteiger partial charge in [0.15, 0.2) is 0 Å². The number of carbonyl (C=O) groups is 4. The Morgan fingerprint density at radius 2 is 1.32 bits per heavy atom. The standard InChI is InChI=1S/C25H25N5O4/c1-16(2)21(25(34)30-29-23(32)18-12-14-26-15-13-18)28-24(33)19-10-6-7-11-20(19)27-22(31)17-8-4-3-5-9-17/h3-16,21H,1-2H3,(H,27,31)(H,28,33)(H,29,32)(H,30,34)/t21-/m1/s1. The van der Waals surface area contributed by atoms with Gasteiger partial charge in [-0.15, -0.1) is 0 Å². The molecule has 0 saturated carbocycles. The maximum atomic E-state index is 13.0. The number of aromatic nitrogens is 1. The van der Waals surface area contributed by atoms with E-state index in [2.05, 4.69) is 26.5 Å².